The Hall–Kier alpha value is -2.92. The van der Waals surface area contributed by atoms with Crippen LogP contribution in [0, 0.1) is 6.92 Å². The van der Waals surface area contributed by atoms with Gasteiger partial charge in [0, 0.05) is 16.1 Å². The summed E-state index contributed by atoms with van der Waals surface area (Å²) >= 11 is 1.58. The van der Waals surface area contributed by atoms with Gasteiger partial charge in [0.2, 0.25) is 11.8 Å². The lowest BCUT2D eigenvalue weighted by Crippen LogP contribution is -2.13. The maximum absolute atomic E-state index is 12.0. The van der Waals surface area contributed by atoms with Crippen molar-refractivity contribution >= 4 is 34.0 Å². The summed E-state index contributed by atoms with van der Waals surface area (Å²) in [6.07, 6.45) is 0.393. The Bertz CT molecular complexity index is 1020. The molecule has 1 N–H and O–H groups in total. The predicted molar refractivity (Wildman–Crippen MR) is 101 cm³/mol. The Balaban J connectivity index is 1.50. The quantitative estimate of drug-likeness (QED) is 0.562. The van der Waals surface area contributed by atoms with E-state index in [0.717, 1.165) is 32.8 Å². The van der Waals surface area contributed by atoms with E-state index in [2.05, 4.69) is 10.3 Å². The zero-order valence-electron chi connectivity index (χ0n) is 13.7. The lowest BCUT2D eigenvalue weighted by molar-refractivity contribution is -0.115. The zero-order valence-corrected chi connectivity index (χ0v) is 14.5. The molecule has 0 saturated heterocycles. The predicted octanol–water partition coefficient (Wildman–Crippen LogP) is 5.05. The summed E-state index contributed by atoms with van der Waals surface area (Å²) in [4.78, 5) is 17.6. The summed E-state index contributed by atoms with van der Waals surface area (Å²) in [6.45, 7) is 2.03. The van der Waals surface area contributed by atoms with Crippen molar-refractivity contribution in [3.63, 3.8) is 0 Å². The number of thiophene rings is 1. The normalized spacial score (nSPS) is 10.9. The Morgan fingerprint density at radius 2 is 2.00 bits per heavy atom. The van der Waals surface area contributed by atoms with Crippen LogP contribution in [0.5, 0.6) is 0 Å². The molecule has 25 heavy (non-hydrogen) atoms. The summed E-state index contributed by atoms with van der Waals surface area (Å²) in [6, 6.07) is 17.4. The molecule has 0 atom stereocenters. The smallest absolute Gasteiger partial charge is 0.229 e. The van der Waals surface area contributed by atoms with E-state index in [1.165, 1.54) is 0 Å². The van der Waals surface area contributed by atoms with Crippen molar-refractivity contribution in [3.8, 4) is 11.5 Å². The molecular weight excluding hydrogens is 332 g/mol. The molecule has 5 heteroatoms. The lowest BCUT2D eigenvalue weighted by atomic mass is 10.2. The summed E-state index contributed by atoms with van der Waals surface area (Å²) < 4.78 is 5.80. The highest BCUT2D eigenvalue weighted by molar-refractivity contribution is 7.10. The molecule has 0 aliphatic carbocycles. The van der Waals surface area contributed by atoms with Crippen LogP contribution in [0.1, 0.15) is 10.4 Å². The summed E-state index contributed by atoms with van der Waals surface area (Å²) in [5, 5.41) is 4.88. The third kappa shape index (κ3) is 3.46. The molecule has 2 aromatic heterocycles. The van der Waals surface area contributed by atoms with Crippen LogP contribution in [0.3, 0.4) is 0 Å². The van der Waals surface area contributed by atoms with Crippen LogP contribution in [0.4, 0.5) is 5.69 Å². The topological polar surface area (TPSA) is 55.1 Å². The largest absolute Gasteiger partial charge is 0.436 e. The number of anilines is 1. The van der Waals surface area contributed by atoms with Crippen molar-refractivity contribution in [3.05, 3.63) is 70.4 Å². The van der Waals surface area contributed by atoms with E-state index in [0.29, 0.717) is 12.3 Å². The van der Waals surface area contributed by atoms with Gasteiger partial charge in [0.1, 0.15) is 5.52 Å². The maximum Gasteiger partial charge on any atom is 0.229 e. The molecule has 2 aromatic carbocycles. The van der Waals surface area contributed by atoms with Crippen LogP contribution >= 0.6 is 11.3 Å². The van der Waals surface area contributed by atoms with Crippen molar-refractivity contribution < 1.29 is 9.21 Å². The van der Waals surface area contributed by atoms with E-state index in [1.807, 2.05) is 66.9 Å². The van der Waals surface area contributed by atoms with Crippen molar-refractivity contribution in [2.75, 3.05) is 5.32 Å². The van der Waals surface area contributed by atoms with E-state index in [-0.39, 0.29) is 5.91 Å². The average molecular weight is 348 g/mol. The van der Waals surface area contributed by atoms with Crippen molar-refractivity contribution in [2.24, 2.45) is 0 Å². The average Bonchev–Trinajstić information content (AvgIpc) is 3.24. The molecular formula is C20H16N2O2S. The number of hydrogen-bond acceptors (Lipinski definition) is 4. The van der Waals surface area contributed by atoms with Crippen molar-refractivity contribution in [2.45, 2.75) is 13.3 Å². The van der Waals surface area contributed by atoms with E-state index in [1.54, 1.807) is 11.3 Å². The van der Waals surface area contributed by atoms with Gasteiger partial charge >= 0.3 is 0 Å². The fourth-order valence-corrected chi connectivity index (χ4v) is 3.34. The summed E-state index contributed by atoms with van der Waals surface area (Å²) in [5.74, 6) is 0.560. The molecule has 4 nitrogen and oxygen atoms in total. The number of carbonyl (C=O) groups is 1. The molecule has 0 aliphatic heterocycles. The number of fused-ring (bicyclic) bond motifs is 1. The maximum atomic E-state index is 12.0. The Morgan fingerprint density at radius 3 is 2.76 bits per heavy atom. The number of nitrogens with one attached hydrogen (secondary N) is 1. The van der Waals surface area contributed by atoms with E-state index in [9.17, 15) is 4.79 Å². The van der Waals surface area contributed by atoms with Crippen LogP contribution in [0.25, 0.3) is 22.6 Å². The van der Waals surface area contributed by atoms with Gasteiger partial charge in [-0.15, -0.1) is 11.3 Å². The van der Waals surface area contributed by atoms with Crippen LogP contribution in [0.15, 0.2) is 64.4 Å². The molecule has 0 aliphatic rings. The molecule has 1 amide bonds. The Morgan fingerprint density at radius 1 is 1.16 bits per heavy atom. The number of amides is 1. The molecule has 0 radical (unpaired) electrons. The first kappa shape index (κ1) is 15.6. The van der Waals surface area contributed by atoms with Gasteiger partial charge in [0.05, 0.1) is 6.42 Å². The molecule has 124 valence electrons. The van der Waals surface area contributed by atoms with E-state index < -0.39 is 0 Å². The van der Waals surface area contributed by atoms with Crippen LogP contribution in [-0.2, 0) is 11.2 Å². The number of carbonyl (C=O) groups excluding carboxylic acids is 1. The first-order valence-electron chi connectivity index (χ1n) is 7.97. The van der Waals surface area contributed by atoms with Gasteiger partial charge in [-0.2, -0.15) is 0 Å². The Labute approximate surface area is 149 Å². The number of rotatable bonds is 4. The zero-order chi connectivity index (χ0) is 17.2. The van der Waals surface area contributed by atoms with Gasteiger partial charge in [0.25, 0.3) is 0 Å². The molecule has 4 aromatic rings. The van der Waals surface area contributed by atoms with E-state index in [4.69, 9.17) is 4.42 Å². The lowest BCUT2D eigenvalue weighted by Gasteiger charge is -2.04. The fourth-order valence-electron chi connectivity index (χ4n) is 2.63. The molecule has 0 saturated carbocycles. The van der Waals surface area contributed by atoms with Gasteiger partial charge in [-0.3, -0.25) is 4.79 Å². The van der Waals surface area contributed by atoms with Gasteiger partial charge in [-0.05, 0) is 60.3 Å². The highest BCUT2D eigenvalue weighted by atomic mass is 32.1. The minimum absolute atomic E-state index is 0.0208. The van der Waals surface area contributed by atoms with Gasteiger partial charge in [-0.25, -0.2) is 4.98 Å². The Kier molecular flexibility index (Phi) is 4.07. The minimum Gasteiger partial charge on any atom is -0.436 e. The number of nitrogens with zero attached hydrogens (tertiary/aromatic N) is 1. The third-order valence-electron chi connectivity index (χ3n) is 3.87. The first-order valence-corrected chi connectivity index (χ1v) is 8.85. The number of oxazole rings is 1. The summed E-state index contributed by atoms with van der Waals surface area (Å²) in [5.41, 5.74) is 4.41. The highest BCUT2D eigenvalue weighted by Crippen LogP contribution is 2.26. The molecule has 0 bridgehead atoms. The second-order valence-electron chi connectivity index (χ2n) is 5.87. The minimum atomic E-state index is -0.0208. The number of aromatic nitrogens is 1. The molecule has 0 spiro atoms. The van der Waals surface area contributed by atoms with E-state index >= 15 is 0 Å². The van der Waals surface area contributed by atoms with Crippen molar-refractivity contribution in [1.82, 2.24) is 4.98 Å². The second kappa shape index (κ2) is 6.53. The highest BCUT2D eigenvalue weighted by Gasteiger charge is 2.09. The van der Waals surface area contributed by atoms with Gasteiger partial charge in [-0.1, -0.05) is 12.1 Å². The molecule has 2 heterocycles. The second-order valence-corrected chi connectivity index (χ2v) is 6.90. The number of aryl methyl sites for hydroxylation is 1. The van der Waals surface area contributed by atoms with Crippen LogP contribution in [0.2, 0.25) is 0 Å². The fraction of sp³-hybridized carbons (Fsp3) is 0.100. The number of hydrogen-bond donors (Lipinski definition) is 1. The van der Waals surface area contributed by atoms with Crippen LogP contribution in [-0.4, -0.2) is 10.9 Å². The first-order chi connectivity index (χ1) is 12.2. The SMILES string of the molecule is Cc1ccc2oc(-c3ccc(NC(=O)Cc4cccs4)cc3)nc2c1. The standard InChI is InChI=1S/C20H16N2O2S/c1-13-4-9-18-17(11-13)22-20(24-18)14-5-7-15(8-6-14)21-19(23)12-16-3-2-10-25-16/h2-11H,12H2,1H3,(H,21,23). The van der Waals surface area contributed by atoms with Crippen molar-refractivity contribution in [1.29, 1.82) is 0 Å². The molecule has 4 rings (SSSR count). The van der Waals surface area contributed by atoms with Crippen LogP contribution < -0.4 is 5.32 Å². The molecule has 0 fully saturated rings. The van der Waals surface area contributed by atoms with Gasteiger partial charge in [0.15, 0.2) is 5.58 Å². The number of benzene rings is 2. The molecule has 0 unspecified atom stereocenters. The monoisotopic (exact) mass is 348 g/mol. The van der Waals surface area contributed by atoms with Gasteiger partial charge < -0.3 is 9.73 Å². The summed E-state index contributed by atoms with van der Waals surface area (Å²) in [7, 11) is 0. The third-order valence-corrected chi connectivity index (χ3v) is 4.75.